The maximum Gasteiger partial charge on any atom is 0.411 e. The van der Waals surface area contributed by atoms with Gasteiger partial charge >= 0.3 is 12.4 Å². The molecule has 292 valence electrons. The average Bonchev–Trinajstić information content (AvgIpc) is 3.15. The summed E-state index contributed by atoms with van der Waals surface area (Å²) in [5.41, 5.74) is 2.76. The van der Waals surface area contributed by atoms with Gasteiger partial charge in [-0.05, 0) is 120 Å². The molecule has 6 aromatic rings. The number of aromatic hydroxyl groups is 2. The van der Waals surface area contributed by atoms with Crippen LogP contribution in [0.2, 0.25) is 0 Å². The quantitative estimate of drug-likeness (QED) is 0.0453. The molecule has 0 saturated heterocycles. The van der Waals surface area contributed by atoms with Crippen molar-refractivity contribution in [3.05, 3.63) is 156 Å². The van der Waals surface area contributed by atoms with Gasteiger partial charge < -0.3 is 41.8 Å². The lowest BCUT2D eigenvalue weighted by Gasteiger charge is -2.38. The number of anilines is 4. The number of amides is 2. The van der Waals surface area contributed by atoms with Crippen LogP contribution < -0.4 is 31.6 Å². The van der Waals surface area contributed by atoms with Gasteiger partial charge in [-0.3, -0.25) is 9.59 Å². The molecule has 0 fully saturated rings. The molecule has 0 aliphatic rings. The Morgan fingerprint density at radius 2 is 0.860 bits per heavy atom. The van der Waals surface area contributed by atoms with Crippen LogP contribution in [0.4, 0.5) is 49.1 Å². The van der Waals surface area contributed by atoms with Gasteiger partial charge in [-0.15, -0.1) is 0 Å². The summed E-state index contributed by atoms with van der Waals surface area (Å²) in [6.45, 7) is 0. The number of nitrogens with two attached hydrogens (primary N) is 2. The number of nitrogens with one attached hydrogen (secondary N) is 2. The summed E-state index contributed by atoms with van der Waals surface area (Å²) < 4.78 is 103. The first-order valence-corrected chi connectivity index (χ1v) is 16.6. The smallest absolute Gasteiger partial charge is 0.411 e. The monoisotopic (exact) mass is 788 g/mol. The van der Waals surface area contributed by atoms with E-state index in [0.717, 1.165) is 0 Å². The Bertz CT molecular complexity index is 2270. The Kier molecular flexibility index (Phi) is 10.6. The zero-order valence-corrected chi connectivity index (χ0v) is 29.2. The van der Waals surface area contributed by atoms with Crippen LogP contribution >= 0.6 is 0 Å². The molecule has 0 radical (unpaired) electrons. The highest BCUT2D eigenvalue weighted by Gasteiger charge is 2.72. The minimum atomic E-state index is -6.12. The van der Waals surface area contributed by atoms with Gasteiger partial charge in [0, 0.05) is 22.5 Å². The van der Waals surface area contributed by atoms with E-state index in [-0.39, 0.29) is 22.6 Å². The van der Waals surface area contributed by atoms with Gasteiger partial charge in [-0.25, -0.2) is 0 Å². The van der Waals surface area contributed by atoms with Crippen molar-refractivity contribution in [3.8, 4) is 34.5 Å². The van der Waals surface area contributed by atoms with E-state index in [2.05, 4.69) is 10.6 Å². The maximum absolute atomic E-state index is 15.2. The number of hydrogen-bond acceptors (Lipinski definition) is 8. The van der Waals surface area contributed by atoms with Crippen molar-refractivity contribution in [1.82, 2.24) is 0 Å². The first-order chi connectivity index (χ1) is 26.9. The van der Waals surface area contributed by atoms with E-state index in [1.165, 1.54) is 48.5 Å². The molecule has 0 unspecified atom stereocenters. The lowest BCUT2D eigenvalue weighted by atomic mass is 9.72. The Hall–Kier alpha value is -7.36. The highest BCUT2D eigenvalue weighted by molar-refractivity contribution is 6.06. The molecule has 0 aliphatic carbocycles. The van der Waals surface area contributed by atoms with E-state index in [4.69, 9.17) is 20.9 Å². The molecule has 0 bridgehead atoms. The fourth-order valence-corrected chi connectivity index (χ4v) is 5.86. The fraction of sp³-hybridized carbons (Fsp3) is 0.0732. The van der Waals surface area contributed by atoms with Crippen LogP contribution in [0.25, 0.3) is 0 Å². The van der Waals surface area contributed by atoms with Gasteiger partial charge in [-0.1, -0.05) is 24.3 Å². The number of alkyl halides is 6. The molecule has 16 heteroatoms. The lowest BCUT2D eigenvalue weighted by Crippen LogP contribution is -2.54. The van der Waals surface area contributed by atoms with E-state index in [1.807, 2.05) is 0 Å². The standard InChI is InChI=1S/C41H30F6N4O6/c42-40(43,44)39(41(45,46)47,25-7-17-35(52)33(21-25)50-37(54)23-3-1-5-31(19-23)56-29-13-9-27(48)10-14-29)26-8-18-36(53)34(22-26)51-38(55)24-4-2-6-32(20-24)57-30-15-11-28(49)12-16-30/h1-22,52-53H,48-49H2,(H,50,54)(H,51,55). The van der Waals surface area contributed by atoms with Crippen molar-refractivity contribution >= 4 is 34.6 Å². The molecule has 2 amide bonds. The first-order valence-electron chi connectivity index (χ1n) is 16.6. The van der Waals surface area contributed by atoms with Gasteiger partial charge in [0.25, 0.3) is 11.8 Å². The number of nitrogen functional groups attached to an aromatic ring is 2. The molecule has 0 saturated carbocycles. The van der Waals surface area contributed by atoms with Crippen molar-refractivity contribution in [2.45, 2.75) is 17.8 Å². The molecule has 0 heterocycles. The predicted octanol–water partition coefficient (Wildman–Crippen LogP) is 9.76. The molecule has 0 atom stereocenters. The van der Waals surface area contributed by atoms with Crippen molar-refractivity contribution in [3.63, 3.8) is 0 Å². The summed E-state index contributed by atoms with van der Waals surface area (Å²) in [6, 6.07) is 26.1. The molecule has 0 aromatic heterocycles. The largest absolute Gasteiger partial charge is 0.506 e. The van der Waals surface area contributed by atoms with Gasteiger partial charge in [0.2, 0.25) is 5.41 Å². The predicted molar refractivity (Wildman–Crippen MR) is 200 cm³/mol. The number of carbonyl (C=O) groups is 2. The van der Waals surface area contributed by atoms with Crippen LogP contribution in [0.1, 0.15) is 31.8 Å². The second-order valence-corrected chi connectivity index (χ2v) is 12.5. The summed E-state index contributed by atoms with van der Waals surface area (Å²) in [7, 11) is 0. The number of halogens is 6. The van der Waals surface area contributed by atoms with E-state index < -0.39 is 63.6 Å². The second kappa shape index (κ2) is 15.4. The number of benzene rings is 6. The van der Waals surface area contributed by atoms with Gasteiger partial charge in [-0.2, -0.15) is 26.3 Å². The Labute approximate surface area is 319 Å². The summed E-state index contributed by atoms with van der Waals surface area (Å²) in [5, 5.41) is 25.4. The van der Waals surface area contributed by atoms with Crippen LogP contribution in [0, 0.1) is 0 Å². The van der Waals surface area contributed by atoms with E-state index >= 15 is 26.3 Å². The molecular weight excluding hydrogens is 758 g/mol. The van der Waals surface area contributed by atoms with Crippen molar-refractivity contribution in [1.29, 1.82) is 0 Å². The molecule has 10 nitrogen and oxygen atoms in total. The van der Waals surface area contributed by atoms with E-state index in [9.17, 15) is 19.8 Å². The van der Waals surface area contributed by atoms with Crippen molar-refractivity contribution < 1.29 is 55.6 Å². The van der Waals surface area contributed by atoms with Crippen LogP contribution in [-0.2, 0) is 5.41 Å². The number of ether oxygens (including phenoxy) is 2. The Morgan fingerprint density at radius 3 is 1.21 bits per heavy atom. The molecule has 6 rings (SSSR count). The third kappa shape index (κ3) is 8.34. The van der Waals surface area contributed by atoms with Gasteiger partial charge in [0.05, 0.1) is 11.4 Å². The lowest BCUT2D eigenvalue weighted by molar-refractivity contribution is -0.288. The van der Waals surface area contributed by atoms with Gasteiger partial charge in [0.1, 0.15) is 34.5 Å². The maximum atomic E-state index is 15.2. The van der Waals surface area contributed by atoms with Crippen LogP contribution in [0.15, 0.2) is 133 Å². The van der Waals surface area contributed by atoms with E-state index in [0.29, 0.717) is 59.3 Å². The van der Waals surface area contributed by atoms with Crippen LogP contribution in [0.3, 0.4) is 0 Å². The highest BCUT2D eigenvalue weighted by atomic mass is 19.4. The average molecular weight is 789 g/mol. The van der Waals surface area contributed by atoms with Crippen LogP contribution in [0.5, 0.6) is 34.5 Å². The third-order valence-electron chi connectivity index (χ3n) is 8.63. The molecule has 0 aliphatic heterocycles. The van der Waals surface area contributed by atoms with Gasteiger partial charge in [0.15, 0.2) is 0 Å². The number of hydrogen-bond donors (Lipinski definition) is 6. The SMILES string of the molecule is Nc1ccc(Oc2cccc(C(=O)Nc3cc(C(c4ccc(O)c(NC(=O)c5cccc(Oc6ccc(N)cc6)c5)c4)(C(F)(F)F)C(F)(F)F)ccc3O)c2)cc1. The zero-order valence-electron chi connectivity index (χ0n) is 29.2. The Balaban J connectivity index is 1.32. The molecule has 0 spiro atoms. The minimum absolute atomic E-state index is 0.119. The molecular formula is C41H30F6N4O6. The minimum Gasteiger partial charge on any atom is -0.506 e. The molecule has 8 N–H and O–H groups in total. The number of phenolic OH excluding ortho intramolecular Hbond substituents is 2. The topological polar surface area (TPSA) is 169 Å². The third-order valence-corrected chi connectivity index (χ3v) is 8.63. The van der Waals surface area contributed by atoms with Crippen molar-refractivity contribution in [2.75, 3.05) is 22.1 Å². The summed E-state index contributed by atoms with van der Waals surface area (Å²) in [5.74, 6) is -2.68. The number of carbonyl (C=O) groups excluding carboxylic acids is 2. The second-order valence-electron chi connectivity index (χ2n) is 12.5. The zero-order chi connectivity index (χ0) is 41.1. The molecule has 6 aromatic carbocycles. The summed E-state index contributed by atoms with van der Waals surface area (Å²) in [4.78, 5) is 26.5. The first kappa shape index (κ1) is 39.3. The van der Waals surface area contributed by atoms with Crippen LogP contribution in [-0.4, -0.2) is 34.4 Å². The number of rotatable bonds is 10. The number of phenols is 2. The van der Waals surface area contributed by atoms with E-state index in [1.54, 1.807) is 48.5 Å². The summed E-state index contributed by atoms with van der Waals surface area (Å²) in [6.07, 6.45) is -12.2. The highest BCUT2D eigenvalue weighted by Crippen LogP contribution is 2.57. The van der Waals surface area contributed by atoms with Crippen molar-refractivity contribution in [2.24, 2.45) is 0 Å². The Morgan fingerprint density at radius 1 is 0.491 bits per heavy atom. The fourth-order valence-electron chi connectivity index (χ4n) is 5.86. The molecule has 57 heavy (non-hydrogen) atoms. The normalized spacial score (nSPS) is 11.8. The summed E-state index contributed by atoms with van der Waals surface area (Å²) >= 11 is 0.